The Hall–Kier alpha value is -1.40. The maximum atomic E-state index is 11.9. The smallest absolute Gasteiger partial charge is 0.339 e. The van der Waals surface area contributed by atoms with E-state index in [4.69, 9.17) is 10.5 Å². The van der Waals surface area contributed by atoms with E-state index in [2.05, 4.69) is 0 Å². The third kappa shape index (κ3) is 3.28. The summed E-state index contributed by atoms with van der Waals surface area (Å²) in [6.07, 6.45) is 0. The van der Waals surface area contributed by atoms with Crippen molar-refractivity contribution in [2.75, 3.05) is 18.9 Å². The van der Waals surface area contributed by atoms with Crippen molar-refractivity contribution in [1.82, 2.24) is 0 Å². The summed E-state index contributed by atoms with van der Waals surface area (Å²) in [6, 6.07) is 5.97. The van der Waals surface area contributed by atoms with Crippen molar-refractivity contribution < 1.29 is 17.9 Å². The van der Waals surface area contributed by atoms with Crippen LogP contribution in [0.2, 0.25) is 0 Å². The Morgan fingerprint density at radius 2 is 2.00 bits per heavy atom. The van der Waals surface area contributed by atoms with Gasteiger partial charge in [0.2, 0.25) is 0 Å². The lowest BCUT2D eigenvalue weighted by Crippen LogP contribution is -2.19. The number of rotatable bonds is 5. The molecule has 94 valence electrons. The molecule has 0 aliphatic carbocycles. The molecule has 0 amide bonds. The molecule has 0 heterocycles. The lowest BCUT2D eigenvalue weighted by atomic mass is 10.2. The molecule has 1 aromatic carbocycles. The molecule has 0 atom stereocenters. The van der Waals surface area contributed by atoms with Gasteiger partial charge in [-0.2, -0.15) is 0 Å². The number of nitrogens with two attached hydrogens (primary N) is 1. The van der Waals surface area contributed by atoms with Gasteiger partial charge < -0.3 is 10.5 Å². The molecular weight excluding hydrogens is 242 g/mol. The highest BCUT2D eigenvalue weighted by atomic mass is 32.2. The maximum Gasteiger partial charge on any atom is 0.339 e. The Balaban J connectivity index is 3.21. The standard InChI is InChI=1S/C11H15NO4S/c1-2-16-11(13)9-5-3-4-6-10(9)17(14,15)8-7-12/h3-6H,2,7-8,12H2,1H3. The number of carbonyl (C=O) groups excluding carboxylic acids is 1. The second-order valence-electron chi connectivity index (χ2n) is 3.32. The van der Waals surface area contributed by atoms with Crippen LogP contribution >= 0.6 is 0 Å². The van der Waals surface area contributed by atoms with E-state index in [0.717, 1.165) is 0 Å². The van der Waals surface area contributed by atoms with Crippen LogP contribution < -0.4 is 5.73 Å². The lowest BCUT2D eigenvalue weighted by molar-refractivity contribution is 0.0522. The highest BCUT2D eigenvalue weighted by Gasteiger charge is 2.21. The molecule has 0 saturated heterocycles. The van der Waals surface area contributed by atoms with Gasteiger partial charge >= 0.3 is 5.97 Å². The zero-order valence-corrected chi connectivity index (χ0v) is 10.4. The molecule has 0 unspecified atom stereocenters. The fourth-order valence-corrected chi connectivity index (χ4v) is 2.68. The average Bonchev–Trinajstić information content (AvgIpc) is 2.29. The second kappa shape index (κ2) is 5.79. The Bertz CT molecular complexity index is 496. The minimum atomic E-state index is -3.53. The first-order chi connectivity index (χ1) is 8.03. The van der Waals surface area contributed by atoms with Gasteiger partial charge in [0.05, 0.1) is 22.8 Å². The highest BCUT2D eigenvalue weighted by Crippen LogP contribution is 2.17. The first-order valence-electron chi connectivity index (χ1n) is 5.22. The van der Waals surface area contributed by atoms with Crippen LogP contribution in [0.5, 0.6) is 0 Å². The van der Waals surface area contributed by atoms with Crippen molar-refractivity contribution in [2.45, 2.75) is 11.8 Å². The molecule has 6 heteroatoms. The topological polar surface area (TPSA) is 86.5 Å². The largest absolute Gasteiger partial charge is 0.462 e. The van der Waals surface area contributed by atoms with Crippen molar-refractivity contribution in [2.24, 2.45) is 5.73 Å². The fourth-order valence-electron chi connectivity index (χ4n) is 1.38. The molecule has 0 saturated carbocycles. The molecule has 0 fully saturated rings. The average molecular weight is 257 g/mol. The minimum Gasteiger partial charge on any atom is -0.462 e. The van der Waals surface area contributed by atoms with E-state index in [9.17, 15) is 13.2 Å². The number of ether oxygens (including phenoxy) is 1. The van der Waals surface area contributed by atoms with Crippen molar-refractivity contribution in [1.29, 1.82) is 0 Å². The van der Waals surface area contributed by atoms with Crippen LogP contribution in [0.3, 0.4) is 0 Å². The van der Waals surface area contributed by atoms with Crippen LogP contribution in [-0.2, 0) is 14.6 Å². The van der Waals surface area contributed by atoms with Gasteiger partial charge in [-0.3, -0.25) is 0 Å². The summed E-state index contributed by atoms with van der Waals surface area (Å²) in [7, 11) is -3.53. The van der Waals surface area contributed by atoms with E-state index in [1.807, 2.05) is 0 Å². The van der Waals surface area contributed by atoms with Crippen LogP contribution in [0.15, 0.2) is 29.2 Å². The van der Waals surface area contributed by atoms with Gasteiger partial charge in [0.1, 0.15) is 0 Å². The first kappa shape index (κ1) is 13.7. The molecule has 0 aliphatic heterocycles. The van der Waals surface area contributed by atoms with Crippen molar-refractivity contribution in [3.63, 3.8) is 0 Å². The van der Waals surface area contributed by atoms with E-state index in [0.29, 0.717) is 0 Å². The predicted octanol–water partition coefficient (Wildman–Crippen LogP) is 0.596. The summed E-state index contributed by atoms with van der Waals surface area (Å²) in [6.45, 7) is 1.87. The van der Waals surface area contributed by atoms with E-state index in [1.165, 1.54) is 12.1 Å². The van der Waals surface area contributed by atoms with Gasteiger partial charge in [-0.1, -0.05) is 12.1 Å². The lowest BCUT2D eigenvalue weighted by Gasteiger charge is -2.08. The number of esters is 1. The van der Waals surface area contributed by atoms with Crippen molar-refractivity contribution >= 4 is 15.8 Å². The molecule has 1 aromatic rings. The molecule has 0 aliphatic rings. The molecule has 0 bridgehead atoms. The Morgan fingerprint density at radius 3 is 2.59 bits per heavy atom. The summed E-state index contributed by atoms with van der Waals surface area (Å²) in [5.74, 6) is -0.827. The molecular formula is C11H15NO4S. The van der Waals surface area contributed by atoms with Gasteiger partial charge in [0.25, 0.3) is 0 Å². The summed E-state index contributed by atoms with van der Waals surface area (Å²) in [5.41, 5.74) is 5.30. The summed E-state index contributed by atoms with van der Waals surface area (Å²) < 4.78 is 28.6. The predicted molar refractivity (Wildman–Crippen MR) is 63.5 cm³/mol. The molecule has 5 nitrogen and oxygen atoms in total. The number of sulfone groups is 1. The number of benzene rings is 1. The normalized spacial score (nSPS) is 11.2. The number of hydrogen-bond acceptors (Lipinski definition) is 5. The summed E-state index contributed by atoms with van der Waals surface area (Å²) in [4.78, 5) is 11.6. The van der Waals surface area contributed by atoms with Crippen LogP contribution in [0, 0.1) is 0 Å². The number of hydrogen-bond donors (Lipinski definition) is 1. The monoisotopic (exact) mass is 257 g/mol. The van der Waals surface area contributed by atoms with Crippen LogP contribution in [0.25, 0.3) is 0 Å². The summed E-state index contributed by atoms with van der Waals surface area (Å²) in [5, 5.41) is 0. The van der Waals surface area contributed by atoms with Gasteiger partial charge in [0.15, 0.2) is 9.84 Å². The molecule has 0 radical (unpaired) electrons. The third-order valence-electron chi connectivity index (χ3n) is 2.10. The zero-order valence-electron chi connectivity index (χ0n) is 9.55. The van der Waals surface area contributed by atoms with Crippen LogP contribution in [0.1, 0.15) is 17.3 Å². The Morgan fingerprint density at radius 1 is 1.35 bits per heavy atom. The molecule has 0 spiro atoms. The van der Waals surface area contributed by atoms with Gasteiger partial charge in [-0.05, 0) is 19.1 Å². The molecule has 0 aromatic heterocycles. The van der Waals surface area contributed by atoms with Crippen molar-refractivity contribution in [3.05, 3.63) is 29.8 Å². The minimum absolute atomic E-state index is 0.0134. The van der Waals surface area contributed by atoms with E-state index < -0.39 is 15.8 Å². The van der Waals surface area contributed by atoms with E-state index >= 15 is 0 Å². The highest BCUT2D eigenvalue weighted by molar-refractivity contribution is 7.91. The Labute approximate surface area is 100 Å². The van der Waals surface area contributed by atoms with Gasteiger partial charge in [-0.15, -0.1) is 0 Å². The van der Waals surface area contributed by atoms with E-state index in [-0.39, 0.29) is 29.4 Å². The quantitative estimate of drug-likeness (QED) is 0.780. The Kier molecular flexibility index (Phi) is 4.65. The molecule has 17 heavy (non-hydrogen) atoms. The number of carbonyl (C=O) groups is 1. The van der Waals surface area contributed by atoms with Crippen LogP contribution in [0.4, 0.5) is 0 Å². The SMILES string of the molecule is CCOC(=O)c1ccccc1S(=O)(=O)CCN. The van der Waals surface area contributed by atoms with Crippen molar-refractivity contribution in [3.8, 4) is 0 Å². The van der Waals surface area contributed by atoms with E-state index in [1.54, 1.807) is 19.1 Å². The summed E-state index contributed by atoms with van der Waals surface area (Å²) >= 11 is 0. The fraction of sp³-hybridized carbons (Fsp3) is 0.364. The van der Waals surface area contributed by atoms with Gasteiger partial charge in [-0.25, -0.2) is 13.2 Å². The second-order valence-corrected chi connectivity index (χ2v) is 5.40. The maximum absolute atomic E-state index is 11.9. The first-order valence-corrected chi connectivity index (χ1v) is 6.87. The van der Waals surface area contributed by atoms with Crippen LogP contribution in [-0.4, -0.2) is 33.3 Å². The molecule has 1 rings (SSSR count). The zero-order chi connectivity index (χ0) is 12.9. The van der Waals surface area contributed by atoms with Gasteiger partial charge in [0, 0.05) is 6.54 Å². The third-order valence-corrected chi connectivity index (χ3v) is 3.90. The molecule has 2 N–H and O–H groups in total.